The van der Waals surface area contributed by atoms with Crippen LogP contribution in [0.5, 0.6) is 0 Å². The average Bonchev–Trinajstić information content (AvgIpc) is 2.39. The van der Waals surface area contributed by atoms with E-state index in [9.17, 15) is 9.59 Å². The van der Waals surface area contributed by atoms with E-state index in [4.69, 9.17) is 23.2 Å². The van der Waals surface area contributed by atoms with Gasteiger partial charge in [0.2, 0.25) is 11.8 Å². The Balaban J connectivity index is 2.66. The molecule has 0 atom stereocenters. The lowest BCUT2D eigenvalue weighted by Gasteiger charge is -2.20. The van der Waals surface area contributed by atoms with Gasteiger partial charge in [0.1, 0.15) is 0 Å². The quantitative estimate of drug-likeness (QED) is 0.872. The summed E-state index contributed by atoms with van der Waals surface area (Å²) in [5.74, 6) is -0.411. The molecule has 0 aliphatic carbocycles. The molecule has 0 heterocycles. The normalized spacial score (nSPS) is 10.2. The average molecular weight is 317 g/mol. The van der Waals surface area contributed by atoms with Gasteiger partial charge in [-0.1, -0.05) is 42.6 Å². The molecule has 2 amide bonds. The van der Waals surface area contributed by atoms with Gasteiger partial charge in [-0.3, -0.25) is 9.59 Å². The molecule has 0 aliphatic rings. The van der Waals surface area contributed by atoms with Gasteiger partial charge in [-0.25, -0.2) is 0 Å². The molecule has 0 fully saturated rings. The fraction of sp³-hybridized carbons (Fsp3) is 0.429. The van der Waals surface area contributed by atoms with Gasteiger partial charge in [-0.05, 0) is 18.6 Å². The first kappa shape index (κ1) is 16.8. The fourth-order valence-electron chi connectivity index (χ4n) is 1.66. The maximum absolute atomic E-state index is 11.9. The topological polar surface area (TPSA) is 49.4 Å². The summed E-state index contributed by atoms with van der Waals surface area (Å²) in [5, 5.41) is 3.33. The van der Waals surface area contributed by atoms with Crippen LogP contribution in [0.2, 0.25) is 10.0 Å². The monoisotopic (exact) mass is 316 g/mol. The van der Waals surface area contributed by atoms with Gasteiger partial charge < -0.3 is 10.2 Å². The van der Waals surface area contributed by atoms with E-state index in [1.807, 2.05) is 6.92 Å². The molecule has 1 N–H and O–H groups in total. The first-order valence-corrected chi connectivity index (χ1v) is 7.20. The second-order valence-electron chi connectivity index (χ2n) is 4.44. The summed E-state index contributed by atoms with van der Waals surface area (Å²) in [6.45, 7) is 4.07. The molecule has 1 rings (SSSR count). The van der Waals surface area contributed by atoms with Crippen LogP contribution in [0.1, 0.15) is 26.7 Å². The minimum Gasteiger partial charge on any atom is -0.334 e. The summed E-state index contributed by atoms with van der Waals surface area (Å²) in [5.41, 5.74) is 0.447. The highest BCUT2D eigenvalue weighted by atomic mass is 35.5. The van der Waals surface area contributed by atoms with Gasteiger partial charge in [-0.15, -0.1) is 0 Å². The molecule has 0 saturated carbocycles. The van der Waals surface area contributed by atoms with Crippen molar-refractivity contribution >= 4 is 40.7 Å². The van der Waals surface area contributed by atoms with E-state index in [2.05, 4.69) is 5.32 Å². The van der Waals surface area contributed by atoms with E-state index in [0.29, 0.717) is 22.3 Å². The third-order valence-electron chi connectivity index (χ3n) is 2.79. The number of halogens is 2. The van der Waals surface area contributed by atoms with Crippen molar-refractivity contribution in [3.8, 4) is 0 Å². The molecule has 20 heavy (non-hydrogen) atoms. The number of nitrogens with zero attached hydrogens (tertiary/aromatic N) is 1. The van der Waals surface area contributed by atoms with Gasteiger partial charge in [0.15, 0.2) is 0 Å². The van der Waals surface area contributed by atoms with Crippen molar-refractivity contribution in [3.63, 3.8) is 0 Å². The van der Waals surface area contributed by atoms with Crippen LogP contribution >= 0.6 is 23.2 Å². The van der Waals surface area contributed by atoms with Crippen LogP contribution < -0.4 is 5.32 Å². The van der Waals surface area contributed by atoms with Crippen molar-refractivity contribution in [2.45, 2.75) is 26.7 Å². The zero-order chi connectivity index (χ0) is 15.1. The zero-order valence-electron chi connectivity index (χ0n) is 11.6. The van der Waals surface area contributed by atoms with Gasteiger partial charge >= 0.3 is 0 Å². The van der Waals surface area contributed by atoms with E-state index < -0.39 is 0 Å². The van der Waals surface area contributed by atoms with E-state index >= 15 is 0 Å². The molecule has 0 aromatic heterocycles. The number of carbonyl (C=O) groups excluding carboxylic acids is 2. The van der Waals surface area contributed by atoms with Gasteiger partial charge in [0.05, 0.1) is 22.3 Å². The summed E-state index contributed by atoms with van der Waals surface area (Å²) in [6, 6.07) is 5.00. The molecule has 0 saturated heterocycles. The molecule has 1 aromatic rings. The van der Waals surface area contributed by atoms with Crippen LogP contribution in [0.25, 0.3) is 0 Å². The highest BCUT2D eigenvalue weighted by molar-refractivity contribution is 6.44. The van der Waals surface area contributed by atoms with Gasteiger partial charge in [0.25, 0.3) is 0 Å². The second-order valence-corrected chi connectivity index (χ2v) is 5.23. The lowest BCUT2D eigenvalue weighted by atomic mass is 10.3. The van der Waals surface area contributed by atoms with Gasteiger partial charge in [-0.2, -0.15) is 0 Å². The fourth-order valence-corrected chi connectivity index (χ4v) is 2.01. The predicted octanol–water partition coefficient (Wildman–Crippen LogP) is 3.58. The van der Waals surface area contributed by atoms with E-state index in [1.54, 1.807) is 18.2 Å². The third-order valence-corrected chi connectivity index (χ3v) is 3.61. The molecular weight excluding hydrogens is 299 g/mol. The maximum atomic E-state index is 11.9. The minimum absolute atomic E-state index is 0.0121. The summed E-state index contributed by atoms with van der Waals surface area (Å²) < 4.78 is 0. The molecule has 0 bridgehead atoms. The van der Waals surface area contributed by atoms with E-state index in [1.165, 1.54) is 11.8 Å². The SMILES string of the molecule is CCCCN(CC(=O)Nc1cccc(Cl)c1Cl)C(C)=O. The Kier molecular flexibility index (Phi) is 6.82. The predicted molar refractivity (Wildman–Crippen MR) is 82.3 cm³/mol. The lowest BCUT2D eigenvalue weighted by Crippen LogP contribution is -2.37. The first-order chi connectivity index (χ1) is 9.45. The van der Waals surface area contributed by atoms with Crippen molar-refractivity contribution in [2.24, 2.45) is 0 Å². The summed E-state index contributed by atoms with van der Waals surface area (Å²) >= 11 is 11.9. The van der Waals surface area contributed by atoms with Crippen molar-refractivity contribution in [3.05, 3.63) is 28.2 Å². The van der Waals surface area contributed by atoms with Crippen molar-refractivity contribution in [2.75, 3.05) is 18.4 Å². The molecule has 0 spiro atoms. The third kappa shape index (κ3) is 5.02. The molecule has 1 aromatic carbocycles. The minimum atomic E-state index is -0.291. The summed E-state index contributed by atoms with van der Waals surface area (Å²) in [7, 11) is 0. The van der Waals surface area contributed by atoms with Crippen LogP contribution in [0.3, 0.4) is 0 Å². The number of nitrogens with one attached hydrogen (secondary N) is 1. The zero-order valence-corrected chi connectivity index (χ0v) is 13.1. The Labute approximate surface area is 129 Å². The molecule has 0 radical (unpaired) electrons. The standard InChI is InChI=1S/C14H18Cl2N2O2/c1-3-4-8-18(10(2)19)9-13(20)17-12-7-5-6-11(15)14(12)16/h5-7H,3-4,8-9H2,1-2H3,(H,17,20). The highest BCUT2D eigenvalue weighted by Crippen LogP contribution is 2.29. The van der Waals surface area contributed by atoms with Crippen LogP contribution in [0, 0.1) is 0 Å². The van der Waals surface area contributed by atoms with Crippen LogP contribution in [-0.4, -0.2) is 29.8 Å². The van der Waals surface area contributed by atoms with Crippen molar-refractivity contribution in [1.29, 1.82) is 0 Å². The number of anilines is 1. The van der Waals surface area contributed by atoms with Gasteiger partial charge in [0, 0.05) is 13.5 Å². The second kappa shape index (κ2) is 8.12. The van der Waals surface area contributed by atoms with Crippen molar-refractivity contribution < 1.29 is 9.59 Å². The number of rotatable bonds is 6. The number of unbranched alkanes of at least 4 members (excludes halogenated alkanes) is 1. The Bertz CT molecular complexity index is 492. The Morgan fingerprint density at radius 3 is 2.60 bits per heavy atom. The lowest BCUT2D eigenvalue weighted by molar-refractivity contribution is -0.132. The smallest absolute Gasteiger partial charge is 0.244 e. The maximum Gasteiger partial charge on any atom is 0.244 e. The molecule has 0 unspecified atom stereocenters. The van der Waals surface area contributed by atoms with Crippen LogP contribution in [-0.2, 0) is 9.59 Å². The number of hydrogen-bond donors (Lipinski definition) is 1. The Morgan fingerprint density at radius 2 is 2.00 bits per heavy atom. The van der Waals surface area contributed by atoms with Crippen molar-refractivity contribution in [1.82, 2.24) is 4.90 Å². The van der Waals surface area contributed by atoms with E-state index in [0.717, 1.165) is 12.8 Å². The molecule has 0 aliphatic heterocycles. The van der Waals surface area contributed by atoms with Crippen LogP contribution in [0.4, 0.5) is 5.69 Å². The number of benzene rings is 1. The Morgan fingerprint density at radius 1 is 1.30 bits per heavy atom. The Hall–Kier alpha value is -1.26. The summed E-state index contributed by atoms with van der Waals surface area (Å²) in [4.78, 5) is 24.9. The number of carbonyl (C=O) groups is 2. The molecule has 6 heteroatoms. The largest absolute Gasteiger partial charge is 0.334 e. The highest BCUT2D eigenvalue weighted by Gasteiger charge is 2.14. The first-order valence-electron chi connectivity index (χ1n) is 6.45. The molecule has 110 valence electrons. The number of hydrogen-bond acceptors (Lipinski definition) is 2. The van der Waals surface area contributed by atoms with E-state index in [-0.39, 0.29) is 18.4 Å². The number of amides is 2. The summed E-state index contributed by atoms with van der Waals surface area (Å²) in [6.07, 6.45) is 1.83. The molecular formula is C14H18Cl2N2O2. The molecule has 4 nitrogen and oxygen atoms in total. The van der Waals surface area contributed by atoms with Crippen LogP contribution in [0.15, 0.2) is 18.2 Å².